The Morgan fingerprint density at radius 1 is 1.35 bits per heavy atom. The zero-order valence-electron chi connectivity index (χ0n) is 10.0. The fourth-order valence-corrected chi connectivity index (χ4v) is 1.96. The standard InChI is InChI=1S/C13H8ClN3O3/c14-9-3-4-15-6-8(9)12(18)16-7-1-2-11-10(5-7)17-13(19)20-11/h1-6H,(H,16,18)(H,17,19). The number of carbonyl (C=O) groups excluding carboxylic acids is 1. The van der Waals surface area contributed by atoms with E-state index in [9.17, 15) is 9.59 Å². The summed E-state index contributed by atoms with van der Waals surface area (Å²) in [7, 11) is 0. The lowest BCUT2D eigenvalue weighted by molar-refractivity contribution is 0.102. The molecular weight excluding hydrogens is 282 g/mol. The number of fused-ring (bicyclic) bond motifs is 1. The summed E-state index contributed by atoms with van der Waals surface area (Å²) in [4.78, 5) is 29.5. The van der Waals surface area contributed by atoms with E-state index in [4.69, 9.17) is 16.0 Å². The Morgan fingerprint density at radius 2 is 2.20 bits per heavy atom. The van der Waals surface area contributed by atoms with E-state index < -0.39 is 5.76 Å². The van der Waals surface area contributed by atoms with Crippen LogP contribution in [-0.2, 0) is 0 Å². The van der Waals surface area contributed by atoms with Gasteiger partial charge in [-0.25, -0.2) is 4.79 Å². The number of aromatic amines is 1. The second-order valence-corrected chi connectivity index (χ2v) is 4.44. The number of pyridine rings is 1. The van der Waals surface area contributed by atoms with Gasteiger partial charge in [-0.3, -0.25) is 14.8 Å². The van der Waals surface area contributed by atoms with Gasteiger partial charge in [-0.05, 0) is 24.3 Å². The molecule has 0 aliphatic rings. The first-order valence-electron chi connectivity index (χ1n) is 5.67. The number of H-pyrrole nitrogens is 1. The molecule has 0 saturated heterocycles. The molecule has 0 aliphatic heterocycles. The summed E-state index contributed by atoms with van der Waals surface area (Å²) < 4.78 is 4.88. The number of amides is 1. The van der Waals surface area contributed by atoms with Gasteiger partial charge in [-0.2, -0.15) is 0 Å². The van der Waals surface area contributed by atoms with Crippen molar-refractivity contribution in [3.05, 3.63) is 57.8 Å². The van der Waals surface area contributed by atoms with Crippen LogP contribution in [0, 0.1) is 0 Å². The Morgan fingerprint density at radius 3 is 3.00 bits per heavy atom. The quantitative estimate of drug-likeness (QED) is 0.758. The monoisotopic (exact) mass is 289 g/mol. The fraction of sp³-hybridized carbons (Fsp3) is 0. The Bertz CT molecular complexity index is 853. The number of benzene rings is 1. The largest absolute Gasteiger partial charge is 0.417 e. The van der Waals surface area contributed by atoms with Crippen molar-refractivity contribution in [1.29, 1.82) is 0 Å². The molecule has 3 rings (SSSR count). The van der Waals surface area contributed by atoms with Crippen molar-refractivity contribution in [3.8, 4) is 0 Å². The fourth-order valence-electron chi connectivity index (χ4n) is 1.77. The number of carbonyl (C=O) groups is 1. The van der Waals surface area contributed by atoms with E-state index >= 15 is 0 Å². The van der Waals surface area contributed by atoms with Gasteiger partial charge in [0.15, 0.2) is 5.58 Å². The summed E-state index contributed by atoms with van der Waals surface area (Å²) in [5, 5.41) is 2.99. The van der Waals surface area contributed by atoms with Crippen LogP contribution in [-0.4, -0.2) is 15.9 Å². The van der Waals surface area contributed by atoms with Crippen molar-refractivity contribution in [3.63, 3.8) is 0 Å². The summed E-state index contributed by atoms with van der Waals surface area (Å²) in [6.07, 6.45) is 2.89. The molecule has 0 radical (unpaired) electrons. The Hall–Kier alpha value is -2.60. The van der Waals surface area contributed by atoms with Gasteiger partial charge in [0.05, 0.1) is 16.1 Å². The molecular formula is C13H8ClN3O3. The summed E-state index contributed by atoms with van der Waals surface area (Å²) in [5.41, 5.74) is 1.71. The van der Waals surface area contributed by atoms with E-state index in [-0.39, 0.29) is 11.5 Å². The molecule has 2 N–H and O–H groups in total. The molecule has 1 aromatic carbocycles. The molecule has 6 nitrogen and oxygen atoms in total. The molecule has 0 fully saturated rings. The molecule has 0 unspecified atom stereocenters. The van der Waals surface area contributed by atoms with E-state index in [1.165, 1.54) is 18.5 Å². The van der Waals surface area contributed by atoms with Crippen molar-refractivity contribution >= 4 is 34.3 Å². The zero-order chi connectivity index (χ0) is 14.1. The Labute approximate surface area is 117 Å². The van der Waals surface area contributed by atoms with Crippen LogP contribution in [0.25, 0.3) is 11.1 Å². The van der Waals surface area contributed by atoms with Crippen molar-refractivity contribution < 1.29 is 9.21 Å². The van der Waals surface area contributed by atoms with Crippen LogP contribution in [0.3, 0.4) is 0 Å². The van der Waals surface area contributed by atoms with Crippen molar-refractivity contribution in [1.82, 2.24) is 9.97 Å². The van der Waals surface area contributed by atoms with Gasteiger partial charge in [-0.1, -0.05) is 11.6 Å². The lowest BCUT2D eigenvalue weighted by atomic mass is 10.2. The van der Waals surface area contributed by atoms with Gasteiger partial charge < -0.3 is 9.73 Å². The maximum absolute atomic E-state index is 12.0. The smallest absolute Gasteiger partial charge is 0.408 e. The molecule has 1 amide bonds. The minimum atomic E-state index is -0.543. The molecule has 2 aromatic heterocycles. The van der Waals surface area contributed by atoms with Gasteiger partial charge in [0.1, 0.15) is 0 Å². The molecule has 100 valence electrons. The van der Waals surface area contributed by atoms with Gasteiger partial charge in [0.25, 0.3) is 5.91 Å². The molecule has 2 heterocycles. The third-order valence-corrected chi connectivity index (χ3v) is 3.02. The Balaban J connectivity index is 1.91. The number of rotatable bonds is 2. The first-order valence-corrected chi connectivity index (χ1v) is 6.05. The maximum Gasteiger partial charge on any atom is 0.417 e. The average molecular weight is 290 g/mol. The number of hydrogen-bond acceptors (Lipinski definition) is 4. The van der Waals surface area contributed by atoms with Crippen molar-refractivity contribution in [2.24, 2.45) is 0 Å². The number of aromatic nitrogens is 2. The van der Waals surface area contributed by atoms with Gasteiger partial charge in [0, 0.05) is 18.1 Å². The molecule has 7 heteroatoms. The van der Waals surface area contributed by atoms with E-state index in [1.54, 1.807) is 18.2 Å². The second-order valence-electron chi connectivity index (χ2n) is 4.04. The number of oxazole rings is 1. The van der Waals surface area contributed by atoms with Crippen LogP contribution in [0.4, 0.5) is 5.69 Å². The highest BCUT2D eigenvalue weighted by atomic mass is 35.5. The highest BCUT2D eigenvalue weighted by Gasteiger charge is 2.11. The normalized spacial score (nSPS) is 10.7. The molecule has 0 atom stereocenters. The van der Waals surface area contributed by atoms with Crippen LogP contribution in [0.1, 0.15) is 10.4 Å². The highest BCUT2D eigenvalue weighted by Crippen LogP contribution is 2.19. The van der Waals surface area contributed by atoms with Crippen LogP contribution in [0.5, 0.6) is 0 Å². The number of halogens is 1. The number of nitrogens with one attached hydrogen (secondary N) is 2. The first-order chi connectivity index (χ1) is 9.63. The molecule has 3 aromatic rings. The minimum Gasteiger partial charge on any atom is -0.408 e. The summed E-state index contributed by atoms with van der Waals surface area (Å²) in [6.45, 7) is 0. The molecule has 0 aliphatic carbocycles. The van der Waals surface area contributed by atoms with E-state index in [2.05, 4.69) is 15.3 Å². The topological polar surface area (TPSA) is 88.0 Å². The average Bonchev–Trinajstić information content (AvgIpc) is 2.78. The third-order valence-electron chi connectivity index (χ3n) is 2.69. The van der Waals surface area contributed by atoms with Crippen LogP contribution < -0.4 is 11.1 Å². The highest BCUT2D eigenvalue weighted by molar-refractivity contribution is 6.34. The zero-order valence-corrected chi connectivity index (χ0v) is 10.8. The first kappa shape index (κ1) is 12.4. The van der Waals surface area contributed by atoms with Crippen molar-refractivity contribution in [2.75, 3.05) is 5.32 Å². The minimum absolute atomic E-state index is 0.273. The summed E-state index contributed by atoms with van der Waals surface area (Å²) in [5.74, 6) is -0.924. The number of anilines is 1. The molecule has 0 bridgehead atoms. The maximum atomic E-state index is 12.0. The number of nitrogens with zero attached hydrogens (tertiary/aromatic N) is 1. The predicted molar refractivity (Wildman–Crippen MR) is 74.0 cm³/mol. The Kier molecular flexibility index (Phi) is 3.00. The van der Waals surface area contributed by atoms with Gasteiger partial charge in [-0.15, -0.1) is 0 Å². The van der Waals surface area contributed by atoms with Crippen molar-refractivity contribution in [2.45, 2.75) is 0 Å². The van der Waals surface area contributed by atoms with Crippen LogP contribution >= 0.6 is 11.6 Å². The van der Waals surface area contributed by atoms with E-state index in [0.717, 1.165) is 0 Å². The van der Waals surface area contributed by atoms with Gasteiger partial charge in [0.2, 0.25) is 0 Å². The van der Waals surface area contributed by atoms with E-state index in [0.29, 0.717) is 21.8 Å². The number of hydrogen-bond donors (Lipinski definition) is 2. The van der Waals surface area contributed by atoms with Crippen LogP contribution in [0.15, 0.2) is 45.9 Å². The summed E-state index contributed by atoms with van der Waals surface area (Å²) in [6, 6.07) is 6.35. The molecule has 0 spiro atoms. The second kappa shape index (κ2) is 4.82. The summed E-state index contributed by atoms with van der Waals surface area (Å²) >= 11 is 5.92. The molecule has 0 saturated carbocycles. The van der Waals surface area contributed by atoms with Crippen LogP contribution in [0.2, 0.25) is 5.02 Å². The third kappa shape index (κ3) is 2.28. The van der Waals surface area contributed by atoms with Gasteiger partial charge >= 0.3 is 5.76 Å². The lowest BCUT2D eigenvalue weighted by Gasteiger charge is -2.05. The predicted octanol–water partition coefficient (Wildman–Crippen LogP) is 2.42. The van der Waals surface area contributed by atoms with E-state index in [1.807, 2.05) is 0 Å². The SMILES string of the molecule is O=C(Nc1ccc2oc(=O)[nH]c2c1)c1cnccc1Cl. The molecule has 20 heavy (non-hydrogen) atoms. The lowest BCUT2D eigenvalue weighted by Crippen LogP contribution is -2.12.